The molecule has 1 aliphatic rings. The maximum absolute atomic E-state index is 11.9. The second kappa shape index (κ2) is 6.05. The van der Waals surface area contributed by atoms with Crippen molar-refractivity contribution < 1.29 is 14.0 Å². The van der Waals surface area contributed by atoms with E-state index in [1.807, 2.05) is 0 Å². The van der Waals surface area contributed by atoms with Crippen LogP contribution in [0.15, 0.2) is 5.11 Å². The van der Waals surface area contributed by atoms with Crippen LogP contribution in [-0.2, 0) is 14.0 Å². The van der Waals surface area contributed by atoms with Gasteiger partial charge in [0, 0.05) is 11.3 Å². The van der Waals surface area contributed by atoms with Crippen LogP contribution in [0, 0.1) is 0 Å². The van der Waals surface area contributed by atoms with Gasteiger partial charge in [-0.2, -0.15) is 0 Å². The number of hydrogen-bond acceptors (Lipinski definition) is 4. The molecule has 0 aromatic carbocycles. The highest BCUT2D eigenvalue weighted by atomic mass is 28.4. The standard InChI is InChI=1S/C12H23N3O3Si/c1-12(2,3)19(4,5)18-8-11-10(16)6-9(7-17-11)14-15-13/h9,11H,6-8H2,1-5H3/t9?,11-/m1/s1. The Morgan fingerprint density at radius 2 is 2.16 bits per heavy atom. The lowest BCUT2D eigenvalue weighted by Gasteiger charge is -2.37. The van der Waals surface area contributed by atoms with Crippen molar-refractivity contribution in [1.29, 1.82) is 0 Å². The molecule has 0 aromatic rings. The lowest BCUT2D eigenvalue weighted by Crippen LogP contribution is -2.46. The minimum atomic E-state index is -1.86. The number of Topliss-reactive ketones (excluding diaryl/α,β-unsaturated/α-hetero) is 1. The first-order valence-corrected chi connectivity index (χ1v) is 9.40. The first kappa shape index (κ1) is 16.2. The van der Waals surface area contributed by atoms with Gasteiger partial charge in [0.2, 0.25) is 0 Å². The van der Waals surface area contributed by atoms with E-state index < -0.39 is 14.4 Å². The molecular formula is C12H23N3O3Si. The van der Waals surface area contributed by atoms with Crippen LogP contribution in [0.3, 0.4) is 0 Å². The Kier molecular flexibility index (Phi) is 5.15. The van der Waals surface area contributed by atoms with Crippen molar-refractivity contribution in [3.63, 3.8) is 0 Å². The number of hydrogen-bond donors (Lipinski definition) is 0. The van der Waals surface area contributed by atoms with E-state index in [4.69, 9.17) is 14.7 Å². The van der Waals surface area contributed by atoms with E-state index in [9.17, 15) is 4.79 Å². The number of azide groups is 1. The zero-order chi connectivity index (χ0) is 14.7. The summed E-state index contributed by atoms with van der Waals surface area (Å²) >= 11 is 0. The molecule has 0 bridgehead atoms. The van der Waals surface area contributed by atoms with Crippen LogP contribution in [0.1, 0.15) is 27.2 Å². The van der Waals surface area contributed by atoms with Crippen LogP contribution in [0.4, 0.5) is 0 Å². The first-order valence-electron chi connectivity index (χ1n) is 6.50. The Morgan fingerprint density at radius 3 is 2.63 bits per heavy atom. The van der Waals surface area contributed by atoms with E-state index in [1.54, 1.807) is 0 Å². The SMILES string of the molecule is CC(C)(C)[Si](C)(C)OC[C@H]1OCC(N=[N+]=[N-])CC1=O. The molecule has 2 atom stereocenters. The molecule has 0 amide bonds. The molecule has 0 aliphatic carbocycles. The quantitative estimate of drug-likeness (QED) is 0.344. The Balaban J connectivity index is 2.52. The summed E-state index contributed by atoms with van der Waals surface area (Å²) < 4.78 is 11.4. The van der Waals surface area contributed by atoms with E-state index in [2.05, 4.69) is 43.9 Å². The predicted molar refractivity (Wildman–Crippen MR) is 75.4 cm³/mol. The number of ether oxygens (including phenoxy) is 1. The molecule has 1 saturated heterocycles. The van der Waals surface area contributed by atoms with Gasteiger partial charge in [-0.15, -0.1) is 0 Å². The fraction of sp³-hybridized carbons (Fsp3) is 0.917. The number of rotatable bonds is 4. The molecule has 0 N–H and O–H groups in total. The van der Waals surface area contributed by atoms with Crippen molar-refractivity contribution in [2.75, 3.05) is 13.2 Å². The van der Waals surface area contributed by atoms with Crippen LogP contribution < -0.4 is 0 Å². The number of carbonyl (C=O) groups excluding carboxylic acids is 1. The molecule has 0 radical (unpaired) electrons. The Bertz CT molecular complexity index is 386. The smallest absolute Gasteiger partial charge is 0.192 e. The summed E-state index contributed by atoms with van der Waals surface area (Å²) in [7, 11) is -1.86. The van der Waals surface area contributed by atoms with E-state index >= 15 is 0 Å². The summed E-state index contributed by atoms with van der Waals surface area (Å²) in [6, 6.07) is -0.373. The van der Waals surface area contributed by atoms with E-state index in [0.717, 1.165) is 0 Å². The topological polar surface area (TPSA) is 84.3 Å². The van der Waals surface area contributed by atoms with Crippen molar-refractivity contribution in [3.05, 3.63) is 10.4 Å². The average Bonchev–Trinajstić information content (AvgIpc) is 2.27. The zero-order valence-electron chi connectivity index (χ0n) is 12.3. The summed E-state index contributed by atoms with van der Waals surface area (Å²) in [5.41, 5.74) is 8.34. The maximum atomic E-state index is 11.9. The van der Waals surface area contributed by atoms with Gasteiger partial charge in [0.05, 0.1) is 19.3 Å². The highest BCUT2D eigenvalue weighted by Gasteiger charge is 2.39. The van der Waals surface area contributed by atoms with Gasteiger partial charge in [-0.1, -0.05) is 25.9 Å². The predicted octanol–water partition coefficient (Wildman–Crippen LogP) is 3.05. The molecule has 1 rings (SSSR count). The fourth-order valence-electron chi connectivity index (χ4n) is 1.53. The molecule has 108 valence electrons. The van der Waals surface area contributed by atoms with Gasteiger partial charge >= 0.3 is 0 Å². The maximum Gasteiger partial charge on any atom is 0.192 e. The zero-order valence-corrected chi connectivity index (χ0v) is 13.3. The third kappa shape index (κ3) is 4.31. The van der Waals surface area contributed by atoms with Crippen molar-refractivity contribution in [2.45, 2.75) is 57.5 Å². The average molecular weight is 285 g/mol. The molecule has 1 heterocycles. The molecule has 1 fully saturated rings. The van der Waals surface area contributed by atoms with Gasteiger partial charge in [-0.3, -0.25) is 4.79 Å². The number of carbonyl (C=O) groups is 1. The first-order chi connectivity index (χ1) is 8.67. The summed E-state index contributed by atoms with van der Waals surface area (Å²) in [6.07, 6.45) is -0.269. The normalized spacial score (nSPS) is 25.0. The van der Waals surface area contributed by atoms with Crippen molar-refractivity contribution >= 4 is 14.1 Å². The fourth-order valence-corrected chi connectivity index (χ4v) is 2.53. The minimum Gasteiger partial charge on any atom is -0.414 e. The largest absolute Gasteiger partial charge is 0.414 e. The molecule has 1 aliphatic heterocycles. The van der Waals surface area contributed by atoms with Gasteiger partial charge in [0.25, 0.3) is 0 Å². The second-order valence-electron chi connectivity index (χ2n) is 6.42. The van der Waals surface area contributed by atoms with Crippen molar-refractivity contribution in [1.82, 2.24) is 0 Å². The highest BCUT2D eigenvalue weighted by Crippen LogP contribution is 2.36. The molecule has 0 spiro atoms. The highest BCUT2D eigenvalue weighted by molar-refractivity contribution is 6.74. The lowest BCUT2D eigenvalue weighted by atomic mass is 10.1. The van der Waals surface area contributed by atoms with Gasteiger partial charge < -0.3 is 9.16 Å². The Hall–Kier alpha value is -0.883. The Labute approximate surface area is 115 Å². The van der Waals surface area contributed by atoms with Crippen molar-refractivity contribution in [3.8, 4) is 0 Å². The summed E-state index contributed by atoms with van der Waals surface area (Å²) in [4.78, 5) is 14.6. The van der Waals surface area contributed by atoms with Gasteiger partial charge in [-0.25, -0.2) is 0 Å². The molecule has 7 heteroatoms. The number of ketones is 1. The van der Waals surface area contributed by atoms with Crippen LogP contribution in [0.2, 0.25) is 18.1 Å². The summed E-state index contributed by atoms with van der Waals surface area (Å²) in [6.45, 7) is 11.3. The van der Waals surface area contributed by atoms with Gasteiger partial charge in [0.15, 0.2) is 14.1 Å². The Morgan fingerprint density at radius 1 is 1.53 bits per heavy atom. The van der Waals surface area contributed by atoms with E-state index in [-0.39, 0.29) is 23.3 Å². The van der Waals surface area contributed by atoms with Gasteiger partial charge in [0.1, 0.15) is 6.10 Å². The van der Waals surface area contributed by atoms with Crippen LogP contribution in [0.5, 0.6) is 0 Å². The third-order valence-corrected chi connectivity index (χ3v) is 8.40. The van der Waals surface area contributed by atoms with Gasteiger partial charge in [-0.05, 0) is 23.7 Å². The molecule has 0 saturated carbocycles. The van der Waals surface area contributed by atoms with Crippen molar-refractivity contribution in [2.24, 2.45) is 5.11 Å². The molecular weight excluding hydrogens is 262 g/mol. The second-order valence-corrected chi connectivity index (χ2v) is 11.2. The summed E-state index contributed by atoms with van der Waals surface area (Å²) in [5.74, 6) is -0.0395. The number of nitrogens with zero attached hydrogens (tertiary/aromatic N) is 3. The molecule has 6 nitrogen and oxygen atoms in total. The lowest BCUT2D eigenvalue weighted by molar-refractivity contribution is -0.139. The minimum absolute atomic E-state index is 0.0395. The van der Waals surface area contributed by atoms with Crippen LogP contribution >= 0.6 is 0 Å². The summed E-state index contributed by atoms with van der Waals surface area (Å²) in [5, 5.41) is 3.63. The molecule has 0 aromatic heterocycles. The van der Waals surface area contributed by atoms with Crippen LogP contribution in [0.25, 0.3) is 10.4 Å². The van der Waals surface area contributed by atoms with E-state index in [0.29, 0.717) is 13.2 Å². The van der Waals surface area contributed by atoms with E-state index in [1.165, 1.54) is 0 Å². The third-order valence-electron chi connectivity index (χ3n) is 3.90. The molecule has 19 heavy (non-hydrogen) atoms. The molecule has 1 unspecified atom stereocenters. The van der Waals surface area contributed by atoms with Crippen LogP contribution in [-0.4, -0.2) is 39.5 Å². The monoisotopic (exact) mass is 285 g/mol.